The van der Waals surface area contributed by atoms with Crippen LogP contribution in [0, 0.1) is 5.82 Å². The highest BCUT2D eigenvalue weighted by Crippen LogP contribution is 2.17. The molecule has 1 aliphatic rings. The summed E-state index contributed by atoms with van der Waals surface area (Å²) in [6, 6.07) is 5.50. The summed E-state index contributed by atoms with van der Waals surface area (Å²) in [5, 5.41) is 7.17. The lowest BCUT2D eigenvalue weighted by Crippen LogP contribution is -2.42. The Hall–Kier alpha value is -2.74. The van der Waals surface area contributed by atoms with Crippen LogP contribution >= 0.6 is 0 Å². The van der Waals surface area contributed by atoms with Gasteiger partial charge in [-0.25, -0.2) is 4.39 Å². The van der Waals surface area contributed by atoms with Gasteiger partial charge in [0.05, 0.1) is 11.8 Å². The molecule has 1 saturated heterocycles. The molecular weight excluding hydrogens is 349 g/mol. The van der Waals surface area contributed by atoms with Crippen molar-refractivity contribution in [3.8, 4) is 0 Å². The maximum absolute atomic E-state index is 13.9. The molecule has 0 spiro atoms. The summed E-state index contributed by atoms with van der Waals surface area (Å²) in [6.45, 7) is 1.84. The second kappa shape index (κ2) is 8.30. The van der Waals surface area contributed by atoms with Crippen molar-refractivity contribution in [1.82, 2.24) is 24.9 Å². The molecule has 27 heavy (non-hydrogen) atoms. The summed E-state index contributed by atoms with van der Waals surface area (Å²) in [6.07, 6.45) is 4.13. The quantitative estimate of drug-likeness (QED) is 0.874. The Morgan fingerprint density at radius 1 is 1.15 bits per heavy atom. The summed E-state index contributed by atoms with van der Waals surface area (Å²) in [4.78, 5) is 28.9. The van der Waals surface area contributed by atoms with Gasteiger partial charge in [-0.05, 0) is 25.6 Å². The van der Waals surface area contributed by atoms with Crippen molar-refractivity contribution in [3.63, 3.8) is 0 Å². The number of hydrogen-bond donors (Lipinski definition) is 1. The number of halogens is 1. The second-order valence-electron chi connectivity index (χ2n) is 6.62. The van der Waals surface area contributed by atoms with E-state index in [1.54, 1.807) is 46.9 Å². The van der Waals surface area contributed by atoms with E-state index in [1.165, 1.54) is 12.1 Å². The SMILES string of the molecule is CNC(C(=O)N1CCCN(C(=O)c2ccccc2F)CC1)c1cnn(C)c1. The Balaban J connectivity index is 1.68. The summed E-state index contributed by atoms with van der Waals surface area (Å²) >= 11 is 0. The second-order valence-corrected chi connectivity index (χ2v) is 6.62. The molecule has 1 aliphatic heterocycles. The van der Waals surface area contributed by atoms with Gasteiger partial charge in [-0.3, -0.25) is 14.3 Å². The molecule has 7 nitrogen and oxygen atoms in total. The Kier molecular flexibility index (Phi) is 5.85. The number of aryl methyl sites for hydroxylation is 1. The molecule has 2 aromatic rings. The largest absolute Gasteiger partial charge is 0.339 e. The lowest BCUT2D eigenvalue weighted by Gasteiger charge is -2.26. The first-order valence-electron chi connectivity index (χ1n) is 8.99. The Morgan fingerprint density at radius 3 is 2.52 bits per heavy atom. The molecule has 1 aromatic heterocycles. The zero-order valence-corrected chi connectivity index (χ0v) is 15.6. The van der Waals surface area contributed by atoms with Gasteiger partial charge < -0.3 is 15.1 Å². The lowest BCUT2D eigenvalue weighted by molar-refractivity contribution is -0.133. The number of benzene rings is 1. The molecule has 3 rings (SSSR count). The standard InChI is InChI=1S/C19H24FN5O2/c1-21-17(14-12-22-23(2)13-14)19(27)25-9-5-8-24(10-11-25)18(26)15-6-3-4-7-16(15)20/h3-4,6-7,12-13,17,21H,5,8-11H2,1-2H3. The molecular formula is C19H24FN5O2. The fourth-order valence-electron chi connectivity index (χ4n) is 3.35. The van der Waals surface area contributed by atoms with Crippen molar-refractivity contribution in [3.05, 3.63) is 53.6 Å². The third-order valence-corrected chi connectivity index (χ3v) is 4.79. The summed E-state index contributed by atoms with van der Waals surface area (Å²) < 4.78 is 15.6. The Labute approximate surface area is 157 Å². The van der Waals surface area contributed by atoms with Gasteiger partial charge >= 0.3 is 0 Å². The van der Waals surface area contributed by atoms with E-state index in [9.17, 15) is 14.0 Å². The van der Waals surface area contributed by atoms with Crippen molar-refractivity contribution >= 4 is 11.8 Å². The monoisotopic (exact) mass is 373 g/mol. The topological polar surface area (TPSA) is 70.5 Å². The molecule has 1 unspecified atom stereocenters. The van der Waals surface area contributed by atoms with Gasteiger partial charge in [-0.15, -0.1) is 0 Å². The highest BCUT2D eigenvalue weighted by atomic mass is 19.1. The highest BCUT2D eigenvalue weighted by Gasteiger charge is 2.29. The summed E-state index contributed by atoms with van der Waals surface area (Å²) in [5.41, 5.74) is 0.870. The van der Waals surface area contributed by atoms with Gasteiger partial charge in [0.15, 0.2) is 0 Å². The highest BCUT2D eigenvalue weighted by molar-refractivity contribution is 5.94. The van der Waals surface area contributed by atoms with E-state index >= 15 is 0 Å². The average molecular weight is 373 g/mol. The predicted octanol–water partition coefficient (Wildman–Crippen LogP) is 1.19. The van der Waals surface area contributed by atoms with Crippen molar-refractivity contribution in [1.29, 1.82) is 0 Å². The Morgan fingerprint density at radius 2 is 1.85 bits per heavy atom. The number of rotatable bonds is 4. The van der Waals surface area contributed by atoms with Crippen LogP contribution in [0.25, 0.3) is 0 Å². The number of nitrogens with one attached hydrogen (secondary N) is 1. The number of carbonyl (C=O) groups is 2. The summed E-state index contributed by atoms with van der Waals surface area (Å²) in [5.74, 6) is -0.906. The fourth-order valence-corrected chi connectivity index (χ4v) is 3.35. The molecule has 0 aliphatic carbocycles. The molecule has 1 atom stereocenters. The van der Waals surface area contributed by atoms with Crippen LogP contribution in [-0.2, 0) is 11.8 Å². The first kappa shape index (κ1) is 19.0. The van der Waals surface area contributed by atoms with E-state index in [-0.39, 0.29) is 17.4 Å². The van der Waals surface area contributed by atoms with Crippen LogP contribution in [0.1, 0.15) is 28.4 Å². The first-order chi connectivity index (χ1) is 13.0. The van der Waals surface area contributed by atoms with Crippen molar-refractivity contribution < 1.29 is 14.0 Å². The molecule has 1 N–H and O–H groups in total. The van der Waals surface area contributed by atoms with Gasteiger partial charge in [0.1, 0.15) is 11.9 Å². The number of carbonyl (C=O) groups excluding carboxylic acids is 2. The van der Waals surface area contributed by atoms with Gasteiger partial charge in [-0.2, -0.15) is 5.10 Å². The maximum Gasteiger partial charge on any atom is 0.256 e. The third kappa shape index (κ3) is 4.16. The van der Waals surface area contributed by atoms with Crippen LogP contribution in [-0.4, -0.2) is 64.6 Å². The van der Waals surface area contributed by atoms with Crippen LogP contribution in [0.15, 0.2) is 36.7 Å². The van der Waals surface area contributed by atoms with Crippen LogP contribution in [0.5, 0.6) is 0 Å². The lowest BCUT2D eigenvalue weighted by atomic mass is 10.1. The molecule has 0 saturated carbocycles. The van der Waals surface area contributed by atoms with Crippen LogP contribution in [0.3, 0.4) is 0 Å². The van der Waals surface area contributed by atoms with E-state index in [0.29, 0.717) is 32.6 Å². The molecule has 2 heterocycles. The van der Waals surface area contributed by atoms with E-state index in [0.717, 1.165) is 5.56 Å². The van der Waals surface area contributed by atoms with E-state index < -0.39 is 11.9 Å². The number of aromatic nitrogens is 2. The fraction of sp³-hybridized carbons (Fsp3) is 0.421. The Bertz CT molecular complexity index is 822. The smallest absolute Gasteiger partial charge is 0.256 e. The third-order valence-electron chi connectivity index (χ3n) is 4.79. The molecule has 2 amide bonds. The van der Waals surface area contributed by atoms with Crippen molar-refractivity contribution in [2.24, 2.45) is 7.05 Å². The zero-order chi connectivity index (χ0) is 19.4. The average Bonchev–Trinajstić information content (AvgIpc) is 2.94. The van der Waals surface area contributed by atoms with Gasteiger partial charge in [0, 0.05) is 45.0 Å². The predicted molar refractivity (Wildman–Crippen MR) is 98.5 cm³/mol. The van der Waals surface area contributed by atoms with Gasteiger partial charge in [-0.1, -0.05) is 12.1 Å². The minimum Gasteiger partial charge on any atom is -0.339 e. The van der Waals surface area contributed by atoms with Gasteiger partial charge in [0.2, 0.25) is 5.91 Å². The minimum absolute atomic E-state index is 0.0503. The van der Waals surface area contributed by atoms with E-state index in [4.69, 9.17) is 0 Å². The molecule has 1 aromatic carbocycles. The molecule has 1 fully saturated rings. The molecule has 8 heteroatoms. The molecule has 144 valence electrons. The zero-order valence-electron chi connectivity index (χ0n) is 15.6. The van der Waals surface area contributed by atoms with Crippen molar-refractivity contribution in [2.45, 2.75) is 12.5 Å². The van der Waals surface area contributed by atoms with Crippen molar-refractivity contribution in [2.75, 3.05) is 33.2 Å². The van der Waals surface area contributed by atoms with E-state index in [2.05, 4.69) is 10.4 Å². The maximum atomic E-state index is 13.9. The number of hydrogen-bond acceptors (Lipinski definition) is 4. The number of amides is 2. The molecule has 0 bridgehead atoms. The van der Waals surface area contributed by atoms with E-state index in [1.807, 2.05) is 6.20 Å². The van der Waals surface area contributed by atoms with Crippen LogP contribution in [0.4, 0.5) is 4.39 Å². The summed E-state index contributed by atoms with van der Waals surface area (Å²) in [7, 11) is 3.54. The number of likely N-dealkylation sites (N-methyl/N-ethyl adjacent to an activating group) is 1. The van der Waals surface area contributed by atoms with Crippen LogP contribution in [0.2, 0.25) is 0 Å². The van der Waals surface area contributed by atoms with Crippen LogP contribution < -0.4 is 5.32 Å². The molecule has 0 radical (unpaired) electrons. The minimum atomic E-state index is -0.522. The number of nitrogens with zero attached hydrogens (tertiary/aromatic N) is 4. The van der Waals surface area contributed by atoms with Gasteiger partial charge in [0.25, 0.3) is 5.91 Å². The normalized spacial score (nSPS) is 16.1. The first-order valence-corrected chi connectivity index (χ1v) is 8.99.